The van der Waals surface area contributed by atoms with Gasteiger partial charge in [-0.15, -0.1) is 0 Å². The van der Waals surface area contributed by atoms with E-state index in [4.69, 9.17) is 31.3 Å². The fourth-order valence-corrected chi connectivity index (χ4v) is 0. The first kappa shape index (κ1) is 6.32. The highest BCUT2D eigenvalue weighted by Crippen LogP contribution is 1.99. The third-order valence-electron chi connectivity index (χ3n) is 0.289. The Balaban J connectivity index is 3.17. The molecule has 0 fully saturated rings. The first-order valence-corrected chi connectivity index (χ1v) is 1.49. The standard InChI is InChI=1S/CB5/c2-1(3,4)6-5. The van der Waals surface area contributed by atoms with E-state index < -0.39 is 5.01 Å². The molecule has 0 nitrogen and oxygen atoms in total. The molecule has 0 heterocycles. The fraction of sp³-hybridized carbons (Fsp3) is 1.00. The minimum absolute atomic E-state index is 1.02. The lowest BCUT2D eigenvalue weighted by atomic mass is 9.18. The Morgan fingerprint density at radius 1 is 1.17 bits per heavy atom. The molecule has 0 aromatic carbocycles. The van der Waals surface area contributed by atoms with Gasteiger partial charge in [-0.05, 0) is 0 Å². The first-order chi connectivity index (χ1) is 2.56. The van der Waals surface area contributed by atoms with Gasteiger partial charge in [-0.3, -0.25) is 0 Å². The summed E-state index contributed by atoms with van der Waals surface area (Å²) in [6.07, 6.45) is 0. The molecule has 0 unspecified atom stereocenters. The van der Waals surface area contributed by atoms with E-state index in [1.54, 1.807) is 0 Å². The van der Waals surface area contributed by atoms with Crippen molar-refractivity contribution >= 4 is 38.4 Å². The summed E-state index contributed by atoms with van der Waals surface area (Å²) in [5.74, 6) is 0. The summed E-state index contributed by atoms with van der Waals surface area (Å²) < 4.78 is 0. The zero-order valence-corrected chi connectivity index (χ0v) is 3.39. The molecule has 9 radical (unpaired) electrons. The minimum Gasteiger partial charge on any atom is -0.165 e. The Bertz CT molecular complexity index is 33.7. The molecule has 0 aromatic rings. The molecule has 19 valence electrons. The number of hydrogen-bond donors (Lipinski definition) is 0. The van der Waals surface area contributed by atoms with Crippen molar-refractivity contribution in [3.05, 3.63) is 0 Å². The van der Waals surface area contributed by atoms with Crippen molar-refractivity contribution in [2.24, 2.45) is 0 Å². The summed E-state index contributed by atoms with van der Waals surface area (Å²) >= 11 is 0. The maximum atomic E-state index is 4.91. The summed E-state index contributed by atoms with van der Waals surface area (Å²) in [5, 5.41) is -1.31. The van der Waals surface area contributed by atoms with Gasteiger partial charge >= 0.3 is 0 Å². The van der Waals surface area contributed by atoms with E-state index in [2.05, 4.69) is 0 Å². The van der Waals surface area contributed by atoms with Crippen LogP contribution in [0.5, 0.6) is 0 Å². The molecular weight excluding hydrogens is 66.1 g/mol. The van der Waals surface area contributed by atoms with E-state index in [1.165, 1.54) is 0 Å². The van der Waals surface area contributed by atoms with Gasteiger partial charge in [0.25, 0.3) is 0 Å². The quantitative estimate of drug-likeness (QED) is 0.320. The van der Waals surface area contributed by atoms with Crippen LogP contribution in [-0.4, -0.2) is 38.4 Å². The highest BCUT2D eigenvalue weighted by molar-refractivity contribution is 7.04. The van der Waals surface area contributed by atoms with Crippen LogP contribution in [0.25, 0.3) is 0 Å². The van der Waals surface area contributed by atoms with Crippen LogP contribution in [0.1, 0.15) is 0 Å². The molecule has 0 saturated heterocycles. The van der Waals surface area contributed by atoms with Crippen LogP contribution in [0.3, 0.4) is 0 Å². The maximum Gasteiger partial charge on any atom is 0.0410 e. The Labute approximate surface area is 44.3 Å². The molecule has 0 N–H and O–H groups in total. The number of rotatable bonds is 1. The monoisotopic (exact) mass is 67.0 g/mol. The van der Waals surface area contributed by atoms with E-state index in [1.807, 2.05) is 0 Å². The SMILES string of the molecule is [B][B]C([B])([B])[B]. The van der Waals surface area contributed by atoms with Gasteiger partial charge < -0.3 is 0 Å². The van der Waals surface area contributed by atoms with Gasteiger partial charge in [0.1, 0.15) is 0 Å². The van der Waals surface area contributed by atoms with Crippen molar-refractivity contribution in [2.75, 3.05) is 0 Å². The van der Waals surface area contributed by atoms with Crippen molar-refractivity contribution in [3.63, 3.8) is 0 Å². The van der Waals surface area contributed by atoms with Gasteiger partial charge in [0.15, 0.2) is 0 Å². The van der Waals surface area contributed by atoms with Crippen molar-refractivity contribution in [3.8, 4) is 0 Å². The molecule has 0 aliphatic heterocycles. The largest absolute Gasteiger partial charge is 0.165 e. The molecule has 0 atom stereocenters. The molecule has 0 amide bonds. The van der Waals surface area contributed by atoms with Gasteiger partial charge in [-0.2, -0.15) is 5.01 Å². The van der Waals surface area contributed by atoms with Gasteiger partial charge in [-0.25, -0.2) is 0 Å². The lowest BCUT2D eigenvalue weighted by Gasteiger charge is -2.13. The highest BCUT2D eigenvalue weighted by Gasteiger charge is 2.02. The summed E-state index contributed by atoms with van der Waals surface area (Å²) in [4.78, 5) is 0. The van der Waals surface area contributed by atoms with Gasteiger partial charge in [0.05, 0.1) is 0 Å². The van der Waals surface area contributed by atoms with E-state index in [-0.39, 0.29) is 0 Å². The van der Waals surface area contributed by atoms with E-state index in [9.17, 15) is 0 Å². The second-order valence-corrected chi connectivity index (χ2v) is 1.17. The van der Waals surface area contributed by atoms with Gasteiger partial charge in [0.2, 0.25) is 0 Å². The lowest BCUT2D eigenvalue weighted by Crippen LogP contribution is -2.21. The van der Waals surface area contributed by atoms with Crippen LogP contribution in [0.15, 0.2) is 0 Å². The van der Waals surface area contributed by atoms with Crippen molar-refractivity contribution < 1.29 is 0 Å². The Kier molecular flexibility index (Phi) is 1.96. The lowest BCUT2D eigenvalue weighted by molar-refractivity contribution is 1.69. The second-order valence-electron chi connectivity index (χ2n) is 1.17. The maximum absolute atomic E-state index is 4.91. The Morgan fingerprint density at radius 2 is 1.33 bits per heavy atom. The molecule has 0 rings (SSSR count). The summed E-state index contributed by atoms with van der Waals surface area (Å²) in [6, 6.07) is 0. The average Bonchev–Trinajstić information content (AvgIpc) is 1.35. The zero-order chi connectivity index (χ0) is 5.21. The molecule has 5 heteroatoms. The molecule has 0 aromatic heterocycles. The molecule has 0 spiro atoms. The summed E-state index contributed by atoms with van der Waals surface area (Å²) in [5.41, 5.74) is 0. The molecule has 0 aliphatic carbocycles. The zero-order valence-electron chi connectivity index (χ0n) is 3.39. The van der Waals surface area contributed by atoms with E-state index in [0.717, 1.165) is 7.17 Å². The number of hydrogen-bond acceptors (Lipinski definition) is 0. The van der Waals surface area contributed by atoms with Crippen LogP contribution < -0.4 is 0 Å². The third kappa shape index (κ3) is 4.32. The third-order valence-corrected chi connectivity index (χ3v) is 0.289. The predicted octanol–water partition coefficient (Wildman–Crippen LogP) is -1.69. The molecule has 0 bridgehead atoms. The van der Waals surface area contributed by atoms with Crippen LogP contribution >= 0.6 is 0 Å². The van der Waals surface area contributed by atoms with E-state index in [0.29, 0.717) is 0 Å². The van der Waals surface area contributed by atoms with Gasteiger partial charge in [-0.1, -0.05) is 0 Å². The molecule has 6 heavy (non-hydrogen) atoms. The topological polar surface area (TPSA) is 0 Å². The average molecular weight is 66.1 g/mol. The highest BCUT2D eigenvalue weighted by atomic mass is 13.5. The summed E-state index contributed by atoms with van der Waals surface area (Å²) in [6.45, 7) is 0. The predicted molar refractivity (Wildman–Crippen MR) is 31.5 cm³/mol. The normalized spacial score (nSPS) is 10.7. The molecular formula is CB5. The molecule has 0 saturated carbocycles. The van der Waals surface area contributed by atoms with Crippen LogP contribution in [0, 0.1) is 0 Å². The van der Waals surface area contributed by atoms with Crippen molar-refractivity contribution in [1.82, 2.24) is 0 Å². The summed E-state index contributed by atoms with van der Waals surface area (Å²) in [7, 11) is 20.6. The molecule has 0 aliphatic rings. The van der Waals surface area contributed by atoms with Gasteiger partial charge in [0, 0.05) is 38.4 Å². The Hall–Kier alpha value is 0.325. The Morgan fingerprint density at radius 3 is 1.33 bits per heavy atom. The second kappa shape index (κ2) is 1.86. The van der Waals surface area contributed by atoms with Crippen molar-refractivity contribution in [2.45, 2.75) is 5.01 Å². The minimum atomic E-state index is -1.31. The van der Waals surface area contributed by atoms with Crippen LogP contribution in [-0.2, 0) is 0 Å². The van der Waals surface area contributed by atoms with Crippen LogP contribution in [0.2, 0.25) is 5.01 Å². The van der Waals surface area contributed by atoms with Crippen LogP contribution in [0.4, 0.5) is 0 Å². The fourth-order valence-electron chi connectivity index (χ4n) is 0. The van der Waals surface area contributed by atoms with E-state index >= 15 is 0 Å². The smallest absolute Gasteiger partial charge is 0.0410 e. The van der Waals surface area contributed by atoms with Crippen molar-refractivity contribution in [1.29, 1.82) is 0 Å². The first-order valence-electron chi connectivity index (χ1n) is 1.49.